The van der Waals surface area contributed by atoms with Crippen molar-refractivity contribution in [3.63, 3.8) is 0 Å². The lowest BCUT2D eigenvalue weighted by Crippen LogP contribution is -2.41. The van der Waals surface area contributed by atoms with Gasteiger partial charge in [-0.2, -0.15) is 0 Å². The molecular formula is C13H20N2O2. The van der Waals surface area contributed by atoms with Gasteiger partial charge < -0.3 is 9.84 Å². The molecule has 2 heterocycles. The molecule has 1 N–H and O–H groups in total. The SMILES string of the molecule is CCC1CN(Cc2nc(C)ccc2O)CCO1. The lowest BCUT2D eigenvalue weighted by molar-refractivity contribution is -0.0330. The Morgan fingerprint density at radius 1 is 1.53 bits per heavy atom. The van der Waals surface area contributed by atoms with Crippen LogP contribution in [0.15, 0.2) is 12.1 Å². The van der Waals surface area contributed by atoms with Crippen molar-refractivity contribution in [1.82, 2.24) is 9.88 Å². The molecule has 4 heteroatoms. The highest BCUT2D eigenvalue weighted by Crippen LogP contribution is 2.18. The summed E-state index contributed by atoms with van der Waals surface area (Å²) in [6, 6.07) is 3.54. The van der Waals surface area contributed by atoms with E-state index in [0.29, 0.717) is 12.6 Å². The maximum Gasteiger partial charge on any atom is 0.138 e. The number of aryl methyl sites for hydroxylation is 1. The minimum absolute atomic E-state index is 0.287. The van der Waals surface area contributed by atoms with Crippen LogP contribution in [0.2, 0.25) is 0 Å². The molecule has 0 bridgehead atoms. The van der Waals surface area contributed by atoms with Crippen LogP contribution in [-0.2, 0) is 11.3 Å². The Morgan fingerprint density at radius 2 is 2.35 bits per heavy atom. The van der Waals surface area contributed by atoms with Gasteiger partial charge in [-0.1, -0.05) is 6.92 Å². The molecule has 0 spiro atoms. The van der Waals surface area contributed by atoms with Gasteiger partial charge in [0.2, 0.25) is 0 Å². The number of aromatic hydroxyl groups is 1. The minimum Gasteiger partial charge on any atom is -0.506 e. The van der Waals surface area contributed by atoms with Crippen LogP contribution >= 0.6 is 0 Å². The quantitative estimate of drug-likeness (QED) is 0.867. The van der Waals surface area contributed by atoms with Gasteiger partial charge in [0.1, 0.15) is 5.75 Å². The lowest BCUT2D eigenvalue weighted by atomic mass is 10.2. The van der Waals surface area contributed by atoms with Gasteiger partial charge in [0.15, 0.2) is 0 Å². The number of ether oxygens (including phenoxy) is 1. The van der Waals surface area contributed by atoms with Gasteiger partial charge in [-0.15, -0.1) is 0 Å². The summed E-state index contributed by atoms with van der Waals surface area (Å²) in [4.78, 5) is 6.68. The van der Waals surface area contributed by atoms with E-state index < -0.39 is 0 Å². The smallest absolute Gasteiger partial charge is 0.138 e. The first-order valence-electron chi connectivity index (χ1n) is 6.18. The number of aromatic nitrogens is 1. The Bertz CT molecular complexity index is 382. The molecule has 1 aromatic heterocycles. The Kier molecular flexibility index (Phi) is 3.97. The highest BCUT2D eigenvalue weighted by atomic mass is 16.5. The summed E-state index contributed by atoms with van der Waals surface area (Å²) < 4.78 is 5.62. The molecular weight excluding hydrogens is 216 g/mol. The number of pyridine rings is 1. The molecule has 1 saturated heterocycles. The third-order valence-corrected chi connectivity index (χ3v) is 3.14. The van der Waals surface area contributed by atoms with E-state index in [0.717, 1.165) is 37.5 Å². The van der Waals surface area contributed by atoms with E-state index in [2.05, 4.69) is 16.8 Å². The third kappa shape index (κ3) is 3.17. The van der Waals surface area contributed by atoms with Crippen molar-refractivity contribution in [2.75, 3.05) is 19.7 Å². The van der Waals surface area contributed by atoms with Crippen LogP contribution in [0.5, 0.6) is 5.75 Å². The third-order valence-electron chi connectivity index (χ3n) is 3.14. The van der Waals surface area contributed by atoms with Crippen molar-refractivity contribution in [2.45, 2.75) is 32.9 Å². The van der Waals surface area contributed by atoms with E-state index >= 15 is 0 Å². The van der Waals surface area contributed by atoms with Gasteiger partial charge in [0.25, 0.3) is 0 Å². The van der Waals surface area contributed by atoms with Gasteiger partial charge >= 0.3 is 0 Å². The number of morpholine rings is 1. The van der Waals surface area contributed by atoms with Crippen LogP contribution in [-0.4, -0.2) is 40.8 Å². The molecule has 17 heavy (non-hydrogen) atoms. The van der Waals surface area contributed by atoms with Crippen LogP contribution < -0.4 is 0 Å². The van der Waals surface area contributed by atoms with Gasteiger partial charge in [-0.05, 0) is 25.5 Å². The summed E-state index contributed by atoms with van der Waals surface area (Å²) in [7, 11) is 0. The monoisotopic (exact) mass is 236 g/mol. The van der Waals surface area contributed by atoms with Gasteiger partial charge in [0.05, 0.1) is 18.4 Å². The first-order valence-corrected chi connectivity index (χ1v) is 6.18. The van der Waals surface area contributed by atoms with Crippen LogP contribution in [0.4, 0.5) is 0 Å². The summed E-state index contributed by atoms with van der Waals surface area (Å²) in [5.41, 5.74) is 1.71. The molecule has 1 aromatic rings. The van der Waals surface area contributed by atoms with Crippen molar-refractivity contribution in [3.05, 3.63) is 23.5 Å². The summed E-state index contributed by atoms with van der Waals surface area (Å²) in [6.45, 7) is 7.38. The Morgan fingerprint density at radius 3 is 3.12 bits per heavy atom. The molecule has 1 aliphatic heterocycles. The second kappa shape index (κ2) is 5.47. The maximum absolute atomic E-state index is 9.77. The number of rotatable bonds is 3. The van der Waals surface area contributed by atoms with Gasteiger partial charge in [-0.3, -0.25) is 9.88 Å². The molecule has 2 rings (SSSR count). The zero-order valence-corrected chi connectivity index (χ0v) is 10.5. The molecule has 0 radical (unpaired) electrons. The molecule has 0 amide bonds. The molecule has 0 aromatic carbocycles. The van der Waals surface area contributed by atoms with Crippen molar-refractivity contribution >= 4 is 0 Å². The van der Waals surface area contributed by atoms with Crippen molar-refractivity contribution in [2.24, 2.45) is 0 Å². The molecule has 1 unspecified atom stereocenters. The zero-order valence-electron chi connectivity index (χ0n) is 10.5. The van der Waals surface area contributed by atoms with E-state index in [-0.39, 0.29) is 5.75 Å². The van der Waals surface area contributed by atoms with E-state index in [1.807, 2.05) is 13.0 Å². The molecule has 0 aliphatic carbocycles. The maximum atomic E-state index is 9.77. The average molecular weight is 236 g/mol. The molecule has 1 fully saturated rings. The van der Waals surface area contributed by atoms with Crippen LogP contribution in [0, 0.1) is 6.92 Å². The zero-order chi connectivity index (χ0) is 12.3. The largest absolute Gasteiger partial charge is 0.506 e. The van der Waals surface area contributed by atoms with E-state index in [4.69, 9.17) is 4.74 Å². The van der Waals surface area contributed by atoms with Crippen molar-refractivity contribution in [1.29, 1.82) is 0 Å². The van der Waals surface area contributed by atoms with E-state index in [9.17, 15) is 5.11 Å². The second-order valence-electron chi connectivity index (χ2n) is 4.55. The minimum atomic E-state index is 0.287. The first-order chi connectivity index (χ1) is 8.19. The summed E-state index contributed by atoms with van der Waals surface area (Å²) in [6.07, 6.45) is 1.35. The van der Waals surface area contributed by atoms with Crippen LogP contribution in [0.25, 0.3) is 0 Å². The van der Waals surface area contributed by atoms with E-state index in [1.54, 1.807) is 6.07 Å². The fourth-order valence-corrected chi connectivity index (χ4v) is 2.10. The van der Waals surface area contributed by atoms with Crippen molar-refractivity contribution in [3.8, 4) is 5.75 Å². The predicted octanol–water partition coefficient (Wildman–Crippen LogP) is 1.71. The normalized spacial score (nSPS) is 21.6. The number of nitrogens with zero attached hydrogens (tertiary/aromatic N) is 2. The highest BCUT2D eigenvalue weighted by molar-refractivity contribution is 5.27. The van der Waals surface area contributed by atoms with Crippen LogP contribution in [0.1, 0.15) is 24.7 Å². The molecule has 0 saturated carbocycles. The van der Waals surface area contributed by atoms with E-state index in [1.165, 1.54) is 0 Å². The summed E-state index contributed by atoms with van der Waals surface area (Å²) in [5, 5.41) is 9.77. The molecule has 1 atom stereocenters. The molecule has 94 valence electrons. The Labute approximate surface area is 102 Å². The van der Waals surface area contributed by atoms with Gasteiger partial charge in [-0.25, -0.2) is 0 Å². The van der Waals surface area contributed by atoms with Gasteiger partial charge in [0, 0.05) is 25.3 Å². The molecule has 1 aliphatic rings. The standard InChI is InChI=1S/C13H20N2O2/c1-3-11-8-15(6-7-17-11)9-12-13(16)5-4-10(2)14-12/h4-5,11,16H,3,6-9H2,1-2H3. The lowest BCUT2D eigenvalue weighted by Gasteiger charge is -2.32. The average Bonchev–Trinajstić information content (AvgIpc) is 2.34. The van der Waals surface area contributed by atoms with Crippen molar-refractivity contribution < 1.29 is 9.84 Å². The first kappa shape index (κ1) is 12.3. The predicted molar refractivity (Wildman–Crippen MR) is 65.9 cm³/mol. The Balaban J connectivity index is 2.02. The highest BCUT2D eigenvalue weighted by Gasteiger charge is 2.20. The summed E-state index contributed by atoms with van der Waals surface area (Å²) >= 11 is 0. The fraction of sp³-hybridized carbons (Fsp3) is 0.615. The summed E-state index contributed by atoms with van der Waals surface area (Å²) in [5.74, 6) is 0.287. The number of hydrogen-bond acceptors (Lipinski definition) is 4. The second-order valence-corrected chi connectivity index (χ2v) is 4.55. The van der Waals surface area contributed by atoms with Crippen LogP contribution in [0.3, 0.4) is 0 Å². The molecule has 4 nitrogen and oxygen atoms in total. The Hall–Kier alpha value is -1.13. The topological polar surface area (TPSA) is 45.6 Å². The fourth-order valence-electron chi connectivity index (χ4n) is 2.10. The number of hydrogen-bond donors (Lipinski definition) is 1.